The maximum atomic E-state index is 11.4. The van der Waals surface area contributed by atoms with Crippen LogP contribution in [0.1, 0.15) is 22.8 Å². The van der Waals surface area contributed by atoms with E-state index in [1.54, 1.807) is 26.8 Å². The fraction of sp³-hybridized carbons (Fsp3) is 0.333. The fourth-order valence-electron chi connectivity index (χ4n) is 1.77. The van der Waals surface area contributed by atoms with E-state index in [9.17, 15) is 8.42 Å². The molecule has 0 unspecified atom stereocenters. The van der Waals surface area contributed by atoms with Crippen molar-refractivity contribution in [2.45, 2.75) is 32.3 Å². The van der Waals surface area contributed by atoms with Crippen LogP contribution in [0.5, 0.6) is 5.75 Å². The Morgan fingerprint density at radius 2 is 1.95 bits per heavy atom. The van der Waals surface area contributed by atoms with Crippen molar-refractivity contribution >= 4 is 10.0 Å². The van der Waals surface area contributed by atoms with Crippen molar-refractivity contribution in [2.24, 2.45) is 5.14 Å². The Morgan fingerprint density at radius 3 is 2.50 bits per heavy atom. The summed E-state index contributed by atoms with van der Waals surface area (Å²) < 4.78 is 33.3. The summed E-state index contributed by atoms with van der Waals surface area (Å²) >= 11 is 0. The Balaban J connectivity index is 2.24. The highest BCUT2D eigenvalue weighted by Crippen LogP contribution is 2.26. The van der Waals surface area contributed by atoms with Crippen molar-refractivity contribution in [1.82, 2.24) is 10.1 Å². The summed E-state index contributed by atoms with van der Waals surface area (Å²) in [5, 5.41) is 8.80. The van der Waals surface area contributed by atoms with Gasteiger partial charge in [-0.3, -0.25) is 0 Å². The van der Waals surface area contributed by atoms with Gasteiger partial charge < -0.3 is 9.26 Å². The average molecular weight is 297 g/mol. The van der Waals surface area contributed by atoms with E-state index in [2.05, 4.69) is 10.1 Å². The fourth-order valence-corrected chi connectivity index (χ4v) is 2.61. The largest absolute Gasteiger partial charge is 0.483 e. The van der Waals surface area contributed by atoms with Gasteiger partial charge in [-0.25, -0.2) is 13.6 Å². The third-order valence-electron chi connectivity index (χ3n) is 2.92. The molecule has 0 aliphatic carbocycles. The Morgan fingerprint density at radius 1 is 1.25 bits per heavy atom. The summed E-state index contributed by atoms with van der Waals surface area (Å²) in [6.07, 6.45) is 0. The lowest BCUT2D eigenvalue weighted by atomic mass is 10.1. The van der Waals surface area contributed by atoms with Crippen LogP contribution in [0, 0.1) is 20.8 Å². The third-order valence-corrected chi connectivity index (χ3v) is 3.97. The molecule has 0 bridgehead atoms. The standard InChI is InChI=1S/C12H15N3O4S/c1-7-8(2)11(20(13,16)17)5-4-10(7)18-6-12-14-9(3)15-19-12/h4-5H,6H2,1-3H3,(H2,13,16,17). The number of aromatic nitrogens is 2. The molecule has 0 spiro atoms. The van der Waals surface area contributed by atoms with Crippen LogP contribution >= 0.6 is 0 Å². The maximum Gasteiger partial charge on any atom is 0.264 e. The first-order valence-electron chi connectivity index (χ1n) is 5.84. The lowest BCUT2D eigenvalue weighted by Crippen LogP contribution is -2.14. The van der Waals surface area contributed by atoms with E-state index < -0.39 is 10.0 Å². The molecule has 2 N–H and O–H groups in total. The number of aryl methyl sites for hydroxylation is 1. The molecule has 0 radical (unpaired) electrons. The van der Waals surface area contributed by atoms with Gasteiger partial charge in [0.2, 0.25) is 10.0 Å². The second-order valence-corrected chi connectivity index (χ2v) is 5.91. The molecule has 1 aromatic heterocycles. The summed E-state index contributed by atoms with van der Waals surface area (Å²) in [6, 6.07) is 2.98. The van der Waals surface area contributed by atoms with Gasteiger partial charge in [0.15, 0.2) is 12.4 Å². The summed E-state index contributed by atoms with van der Waals surface area (Å²) in [5.74, 6) is 1.43. The Bertz CT molecular complexity index is 737. The molecule has 1 heterocycles. The van der Waals surface area contributed by atoms with Gasteiger partial charge in [-0.1, -0.05) is 5.16 Å². The molecule has 108 valence electrons. The van der Waals surface area contributed by atoms with E-state index in [1.807, 2.05) is 0 Å². The molecule has 0 fully saturated rings. The molecule has 0 saturated heterocycles. The monoisotopic (exact) mass is 297 g/mol. The number of nitrogens with two attached hydrogens (primary N) is 1. The highest BCUT2D eigenvalue weighted by molar-refractivity contribution is 7.89. The zero-order chi connectivity index (χ0) is 14.9. The van der Waals surface area contributed by atoms with Gasteiger partial charge in [0.1, 0.15) is 5.75 Å². The molecule has 0 aliphatic heterocycles. The van der Waals surface area contributed by atoms with Gasteiger partial charge in [-0.2, -0.15) is 4.98 Å². The number of ether oxygens (including phenoxy) is 1. The molecule has 20 heavy (non-hydrogen) atoms. The molecule has 1 aromatic carbocycles. The highest BCUT2D eigenvalue weighted by Gasteiger charge is 2.16. The number of hydrogen-bond donors (Lipinski definition) is 1. The maximum absolute atomic E-state index is 11.4. The lowest BCUT2D eigenvalue weighted by Gasteiger charge is -2.12. The quantitative estimate of drug-likeness (QED) is 0.909. The van der Waals surface area contributed by atoms with Crippen LogP contribution in [0.3, 0.4) is 0 Å². The minimum atomic E-state index is -3.73. The Hall–Kier alpha value is -1.93. The van der Waals surface area contributed by atoms with E-state index in [1.165, 1.54) is 6.07 Å². The second kappa shape index (κ2) is 5.22. The second-order valence-electron chi connectivity index (χ2n) is 4.38. The van der Waals surface area contributed by atoms with Crippen molar-refractivity contribution in [3.63, 3.8) is 0 Å². The predicted molar refractivity (Wildman–Crippen MR) is 70.7 cm³/mol. The summed E-state index contributed by atoms with van der Waals surface area (Å²) in [5.41, 5.74) is 1.26. The van der Waals surface area contributed by atoms with Crippen LogP contribution in [0.2, 0.25) is 0 Å². The summed E-state index contributed by atoms with van der Waals surface area (Å²) in [7, 11) is -3.73. The van der Waals surface area contributed by atoms with Gasteiger partial charge >= 0.3 is 0 Å². The number of hydrogen-bond acceptors (Lipinski definition) is 6. The molecule has 2 aromatic rings. The number of sulfonamides is 1. The van der Waals surface area contributed by atoms with Gasteiger partial charge in [0.05, 0.1) is 4.90 Å². The number of primary sulfonamides is 1. The minimum Gasteiger partial charge on any atom is -0.483 e. The van der Waals surface area contributed by atoms with Crippen molar-refractivity contribution < 1.29 is 17.7 Å². The highest BCUT2D eigenvalue weighted by atomic mass is 32.2. The van der Waals surface area contributed by atoms with E-state index in [0.717, 1.165) is 0 Å². The van der Waals surface area contributed by atoms with Crippen molar-refractivity contribution in [3.05, 3.63) is 35.0 Å². The SMILES string of the molecule is Cc1noc(COc2ccc(S(N)(=O)=O)c(C)c2C)n1. The van der Waals surface area contributed by atoms with E-state index in [0.29, 0.717) is 28.6 Å². The first-order chi connectivity index (χ1) is 9.29. The van der Waals surface area contributed by atoms with Crippen LogP contribution in [0.15, 0.2) is 21.6 Å². The zero-order valence-electron chi connectivity index (χ0n) is 11.4. The van der Waals surface area contributed by atoms with Crippen molar-refractivity contribution in [3.8, 4) is 5.75 Å². The number of nitrogens with zero attached hydrogens (tertiary/aromatic N) is 2. The van der Waals surface area contributed by atoms with Crippen LogP contribution in [0.25, 0.3) is 0 Å². The van der Waals surface area contributed by atoms with Gasteiger partial charge in [0, 0.05) is 0 Å². The van der Waals surface area contributed by atoms with E-state index in [4.69, 9.17) is 14.4 Å². The van der Waals surface area contributed by atoms with Gasteiger partial charge in [0.25, 0.3) is 5.89 Å². The molecule has 0 amide bonds. The average Bonchev–Trinajstić information content (AvgIpc) is 2.75. The van der Waals surface area contributed by atoms with E-state index >= 15 is 0 Å². The van der Waals surface area contributed by atoms with Crippen molar-refractivity contribution in [2.75, 3.05) is 0 Å². The molecule has 0 aliphatic rings. The normalized spacial score (nSPS) is 11.6. The molecule has 2 rings (SSSR count). The first kappa shape index (κ1) is 14.5. The summed E-state index contributed by atoms with van der Waals surface area (Å²) in [6.45, 7) is 5.27. The molecule has 8 heteroatoms. The molecule has 0 saturated carbocycles. The first-order valence-corrected chi connectivity index (χ1v) is 7.38. The van der Waals surface area contributed by atoms with Crippen LogP contribution in [0.4, 0.5) is 0 Å². The molecule has 7 nitrogen and oxygen atoms in total. The number of rotatable bonds is 4. The minimum absolute atomic E-state index is 0.0935. The predicted octanol–water partition coefficient (Wildman–Crippen LogP) is 1.22. The van der Waals surface area contributed by atoms with Crippen LogP contribution in [-0.4, -0.2) is 18.6 Å². The molecular formula is C12H15N3O4S. The van der Waals surface area contributed by atoms with Gasteiger partial charge in [-0.05, 0) is 44.0 Å². The molecule has 0 atom stereocenters. The topological polar surface area (TPSA) is 108 Å². The van der Waals surface area contributed by atoms with Gasteiger partial charge in [-0.15, -0.1) is 0 Å². The van der Waals surface area contributed by atoms with Crippen LogP contribution < -0.4 is 9.88 Å². The molecular weight excluding hydrogens is 282 g/mol. The number of benzene rings is 1. The van der Waals surface area contributed by atoms with Crippen molar-refractivity contribution in [1.29, 1.82) is 0 Å². The van der Waals surface area contributed by atoms with E-state index in [-0.39, 0.29) is 11.5 Å². The summed E-state index contributed by atoms with van der Waals surface area (Å²) in [4.78, 5) is 4.11. The third kappa shape index (κ3) is 2.97. The Kier molecular flexibility index (Phi) is 3.78. The van der Waals surface area contributed by atoms with Crippen LogP contribution in [-0.2, 0) is 16.6 Å². The zero-order valence-corrected chi connectivity index (χ0v) is 12.2. The Labute approximate surface area is 116 Å². The smallest absolute Gasteiger partial charge is 0.264 e. The lowest BCUT2D eigenvalue weighted by molar-refractivity contribution is 0.241.